The molecule has 1 N–H and O–H groups in total. The van der Waals surface area contributed by atoms with Crippen molar-refractivity contribution in [2.24, 2.45) is 0 Å². The lowest BCUT2D eigenvalue weighted by molar-refractivity contribution is 0.0283. The van der Waals surface area contributed by atoms with Gasteiger partial charge < -0.3 is 9.84 Å². The Bertz CT molecular complexity index is 295. The normalized spacial score (nSPS) is 11.5. The lowest BCUT2D eigenvalue weighted by Gasteiger charge is -2.19. The van der Waals surface area contributed by atoms with Crippen molar-refractivity contribution in [2.75, 3.05) is 6.61 Å². The Morgan fingerprint density at radius 2 is 2.07 bits per heavy atom. The fourth-order valence-electron chi connectivity index (χ4n) is 1.05. The fraction of sp³-hybridized carbons (Fsp3) is 0.455. The molecule has 0 saturated heterocycles. The Labute approximate surface area is 89.5 Å². The predicted molar refractivity (Wildman–Crippen MR) is 58.0 cm³/mol. The molecule has 0 heterocycles. The van der Waals surface area contributed by atoms with Crippen LogP contribution in [0.5, 0.6) is 5.75 Å². The van der Waals surface area contributed by atoms with Gasteiger partial charge >= 0.3 is 0 Å². The first kappa shape index (κ1) is 11.3. The molecule has 3 heteroatoms. The highest BCUT2D eigenvalue weighted by atomic mass is 35.5. The van der Waals surface area contributed by atoms with Gasteiger partial charge in [-0.15, -0.1) is 0 Å². The van der Waals surface area contributed by atoms with Gasteiger partial charge in [0.2, 0.25) is 0 Å². The Kier molecular flexibility index (Phi) is 3.40. The Morgan fingerprint density at radius 1 is 1.43 bits per heavy atom. The molecular formula is C11H15ClO2. The van der Waals surface area contributed by atoms with Crippen molar-refractivity contribution in [2.45, 2.75) is 26.4 Å². The van der Waals surface area contributed by atoms with Gasteiger partial charge in [0, 0.05) is 0 Å². The largest absolute Gasteiger partial charge is 0.489 e. The molecule has 0 saturated carbocycles. The van der Waals surface area contributed by atoms with Crippen LogP contribution < -0.4 is 4.74 Å². The van der Waals surface area contributed by atoms with E-state index in [4.69, 9.17) is 16.3 Å². The molecule has 0 spiro atoms. The van der Waals surface area contributed by atoms with Crippen molar-refractivity contribution in [1.29, 1.82) is 0 Å². The summed E-state index contributed by atoms with van der Waals surface area (Å²) in [6, 6.07) is 5.56. The number of aryl methyl sites for hydroxylation is 1. The van der Waals surface area contributed by atoms with Gasteiger partial charge in [0.15, 0.2) is 0 Å². The average Bonchev–Trinajstić information content (AvgIpc) is 2.01. The molecule has 0 aliphatic rings. The number of ether oxygens (including phenoxy) is 1. The van der Waals surface area contributed by atoms with Crippen LogP contribution >= 0.6 is 11.6 Å². The molecule has 0 unspecified atom stereocenters. The second kappa shape index (κ2) is 4.20. The number of benzene rings is 1. The van der Waals surface area contributed by atoms with E-state index in [0.29, 0.717) is 10.8 Å². The molecule has 0 radical (unpaired) electrons. The Morgan fingerprint density at radius 3 is 2.57 bits per heavy atom. The van der Waals surface area contributed by atoms with Crippen LogP contribution in [-0.2, 0) is 0 Å². The SMILES string of the molecule is Cc1cccc(Cl)c1OCC(C)(C)O. The fourth-order valence-corrected chi connectivity index (χ4v) is 1.32. The third-order valence-corrected chi connectivity index (χ3v) is 2.03. The maximum atomic E-state index is 9.49. The van der Waals surface area contributed by atoms with E-state index >= 15 is 0 Å². The van der Waals surface area contributed by atoms with E-state index in [1.807, 2.05) is 19.1 Å². The number of aliphatic hydroxyl groups is 1. The van der Waals surface area contributed by atoms with Crippen molar-refractivity contribution >= 4 is 11.6 Å². The number of rotatable bonds is 3. The summed E-state index contributed by atoms with van der Waals surface area (Å²) in [5, 5.41) is 10.1. The molecule has 1 aromatic rings. The van der Waals surface area contributed by atoms with Gasteiger partial charge in [-0.05, 0) is 32.4 Å². The van der Waals surface area contributed by atoms with Crippen molar-refractivity contribution in [3.05, 3.63) is 28.8 Å². The van der Waals surface area contributed by atoms with Crippen LogP contribution in [0.15, 0.2) is 18.2 Å². The van der Waals surface area contributed by atoms with Crippen LogP contribution in [0.4, 0.5) is 0 Å². The number of halogens is 1. The summed E-state index contributed by atoms with van der Waals surface area (Å²) < 4.78 is 5.45. The van der Waals surface area contributed by atoms with Crippen molar-refractivity contribution < 1.29 is 9.84 Å². The smallest absolute Gasteiger partial charge is 0.140 e. The third-order valence-electron chi connectivity index (χ3n) is 1.73. The van der Waals surface area contributed by atoms with E-state index < -0.39 is 5.60 Å². The minimum absolute atomic E-state index is 0.234. The molecule has 0 aromatic heterocycles. The molecule has 2 nitrogen and oxygen atoms in total. The van der Waals surface area contributed by atoms with E-state index in [1.165, 1.54) is 0 Å². The predicted octanol–water partition coefficient (Wildman–Crippen LogP) is 2.80. The maximum Gasteiger partial charge on any atom is 0.140 e. The van der Waals surface area contributed by atoms with E-state index in [9.17, 15) is 5.11 Å². The molecule has 1 aromatic carbocycles. The number of hydrogen-bond acceptors (Lipinski definition) is 2. The second-order valence-electron chi connectivity index (χ2n) is 3.99. The number of para-hydroxylation sites is 1. The lowest BCUT2D eigenvalue weighted by atomic mass is 10.1. The third kappa shape index (κ3) is 3.20. The van der Waals surface area contributed by atoms with Crippen LogP contribution in [-0.4, -0.2) is 17.3 Å². The van der Waals surface area contributed by atoms with E-state index in [1.54, 1.807) is 19.9 Å². The first-order valence-electron chi connectivity index (χ1n) is 4.50. The Hall–Kier alpha value is -0.730. The first-order valence-corrected chi connectivity index (χ1v) is 4.88. The zero-order valence-corrected chi connectivity index (χ0v) is 9.43. The van der Waals surface area contributed by atoms with Crippen molar-refractivity contribution in [3.8, 4) is 5.75 Å². The molecule has 14 heavy (non-hydrogen) atoms. The quantitative estimate of drug-likeness (QED) is 0.839. The monoisotopic (exact) mass is 214 g/mol. The van der Waals surface area contributed by atoms with Crippen molar-refractivity contribution in [1.82, 2.24) is 0 Å². The van der Waals surface area contributed by atoms with E-state index in [-0.39, 0.29) is 6.61 Å². The standard InChI is InChI=1S/C11H15ClO2/c1-8-5-4-6-9(12)10(8)14-7-11(2,3)13/h4-6,13H,7H2,1-3H3. The molecule has 78 valence electrons. The van der Waals surface area contributed by atoms with Crippen LogP contribution in [0.3, 0.4) is 0 Å². The summed E-state index contributed by atoms with van der Waals surface area (Å²) in [5.41, 5.74) is 0.132. The Balaban J connectivity index is 2.77. The van der Waals surface area contributed by atoms with Crippen molar-refractivity contribution in [3.63, 3.8) is 0 Å². The van der Waals surface area contributed by atoms with E-state index in [0.717, 1.165) is 5.56 Å². The highest BCUT2D eigenvalue weighted by Crippen LogP contribution is 2.28. The lowest BCUT2D eigenvalue weighted by Crippen LogP contribution is -2.28. The first-order chi connectivity index (χ1) is 6.40. The molecule has 0 bridgehead atoms. The van der Waals surface area contributed by atoms with Gasteiger partial charge in [-0.3, -0.25) is 0 Å². The molecule has 0 atom stereocenters. The maximum absolute atomic E-state index is 9.49. The highest BCUT2D eigenvalue weighted by molar-refractivity contribution is 6.32. The van der Waals surface area contributed by atoms with E-state index in [2.05, 4.69) is 0 Å². The van der Waals surface area contributed by atoms with Crippen LogP contribution in [0, 0.1) is 6.92 Å². The molecule has 0 aliphatic heterocycles. The second-order valence-corrected chi connectivity index (χ2v) is 4.39. The molecule has 1 rings (SSSR count). The zero-order valence-electron chi connectivity index (χ0n) is 8.67. The van der Waals surface area contributed by atoms with Crippen LogP contribution in [0.2, 0.25) is 5.02 Å². The van der Waals surface area contributed by atoms with Gasteiger partial charge in [-0.25, -0.2) is 0 Å². The minimum atomic E-state index is -0.842. The summed E-state index contributed by atoms with van der Waals surface area (Å²) in [5.74, 6) is 0.649. The molecule has 0 fully saturated rings. The summed E-state index contributed by atoms with van der Waals surface area (Å²) in [7, 11) is 0. The van der Waals surface area contributed by atoms with Gasteiger partial charge in [-0.1, -0.05) is 23.7 Å². The minimum Gasteiger partial charge on any atom is -0.489 e. The van der Waals surface area contributed by atoms with Gasteiger partial charge in [-0.2, -0.15) is 0 Å². The molecular weight excluding hydrogens is 200 g/mol. The van der Waals surface area contributed by atoms with Crippen LogP contribution in [0.25, 0.3) is 0 Å². The van der Waals surface area contributed by atoms with Gasteiger partial charge in [0.25, 0.3) is 0 Å². The van der Waals surface area contributed by atoms with Gasteiger partial charge in [0.1, 0.15) is 12.4 Å². The van der Waals surface area contributed by atoms with Crippen LogP contribution in [0.1, 0.15) is 19.4 Å². The summed E-state index contributed by atoms with van der Waals surface area (Å²) in [4.78, 5) is 0. The molecule has 0 amide bonds. The average molecular weight is 215 g/mol. The molecule has 0 aliphatic carbocycles. The summed E-state index contributed by atoms with van der Waals surface area (Å²) in [6.45, 7) is 5.54. The summed E-state index contributed by atoms with van der Waals surface area (Å²) in [6.07, 6.45) is 0. The summed E-state index contributed by atoms with van der Waals surface area (Å²) >= 11 is 5.95. The highest BCUT2D eigenvalue weighted by Gasteiger charge is 2.15. The topological polar surface area (TPSA) is 29.5 Å². The number of hydrogen-bond donors (Lipinski definition) is 1. The zero-order chi connectivity index (χ0) is 10.8. The van der Waals surface area contributed by atoms with Gasteiger partial charge in [0.05, 0.1) is 10.6 Å².